The van der Waals surface area contributed by atoms with E-state index in [1.54, 1.807) is 10.7 Å². The molecule has 1 aliphatic rings. The Hall–Kier alpha value is -3.98. The first kappa shape index (κ1) is 35.9. The van der Waals surface area contributed by atoms with Gasteiger partial charge in [0.05, 0.1) is 34.4 Å². The quantitative estimate of drug-likeness (QED) is 0.187. The first-order valence-electron chi connectivity index (χ1n) is 14.8. The molecule has 12 nitrogen and oxygen atoms in total. The van der Waals surface area contributed by atoms with Gasteiger partial charge in [-0.25, -0.2) is 14.5 Å². The largest absolute Gasteiger partial charge is 0.473 e. The Morgan fingerprint density at radius 2 is 1.70 bits per heavy atom. The number of hydrogen-bond acceptors (Lipinski definition) is 8. The highest BCUT2D eigenvalue weighted by Crippen LogP contribution is 2.30. The van der Waals surface area contributed by atoms with E-state index in [0.29, 0.717) is 54.6 Å². The van der Waals surface area contributed by atoms with Crippen molar-refractivity contribution in [2.45, 2.75) is 59.0 Å². The number of aryl methyl sites for hydroxylation is 2. The Balaban J connectivity index is 0.000000930. The topological polar surface area (TPSA) is 156 Å². The molecule has 3 aromatic heterocycles. The highest BCUT2D eigenvalue weighted by Gasteiger charge is 2.27. The summed E-state index contributed by atoms with van der Waals surface area (Å²) in [6.45, 7) is 11.4. The van der Waals surface area contributed by atoms with Gasteiger partial charge in [-0.2, -0.15) is 13.5 Å². The van der Waals surface area contributed by atoms with Crippen LogP contribution in [-0.2, 0) is 15.5 Å². The van der Waals surface area contributed by atoms with E-state index in [1.165, 1.54) is 17.5 Å². The number of urea groups is 1. The van der Waals surface area contributed by atoms with Gasteiger partial charge in [0.25, 0.3) is 16.0 Å². The summed E-state index contributed by atoms with van der Waals surface area (Å²) in [6.07, 6.45) is 3.48. The highest BCUT2D eigenvalue weighted by molar-refractivity contribution is 7.85. The van der Waals surface area contributed by atoms with Gasteiger partial charge in [-0.1, -0.05) is 50.1 Å². The lowest BCUT2D eigenvalue weighted by atomic mass is 9.92. The van der Waals surface area contributed by atoms with Gasteiger partial charge in [0.1, 0.15) is 16.9 Å². The number of pyridine rings is 1. The van der Waals surface area contributed by atoms with Gasteiger partial charge in [-0.15, -0.1) is 11.3 Å². The third-order valence-electron chi connectivity index (χ3n) is 7.13. The maximum Gasteiger partial charge on any atom is 0.324 e. The van der Waals surface area contributed by atoms with Crippen molar-refractivity contribution in [2.75, 3.05) is 30.0 Å². The number of likely N-dealkylation sites (tertiary alicyclic amines) is 1. The predicted octanol–water partition coefficient (Wildman–Crippen LogP) is 6.73. The number of thiophene rings is 1. The molecule has 0 saturated carbocycles. The van der Waals surface area contributed by atoms with Crippen molar-refractivity contribution in [3.63, 3.8) is 0 Å². The lowest BCUT2D eigenvalue weighted by molar-refractivity contribution is 0.0592. The van der Waals surface area contributed by atoms with Crippen LogP contribution in [0.4, 0.5) is 16.3 Å². The smallest absolute Gasteiger partial charge is 0.324 e. The molecule has 15 heteroatoms. The molecule has 0 spiro atoms. The number of rotatable bonds is 6. The van der Waals surface area contributed by atoms with E-state index in [-0.39, 0.29) is 17.4 Å². The van der Waals surface area contributed by atoms with Crippen LogP contribution in [0.3, 0.4) is 0 Å². The molecule has 0 unspecified atom stereocenters. The molecule has 1 aromatic carbocycles. The molecule has 0 atom stereocenters. The van der Waals surface area contributed by atoms with Gasteiger partial charge >= 0.3 is 6.03 Å². The molecule has 5 rings (SSSR count). The van der Waals surface area contributed by atoms with Crippen LogP contribution in [0.25, 0.3) is 5.69 Å². The number of benzene rings is 1. The molecular weight excluding hydrogens is 664 g/mol. The number of halogens is 1. The third kappa shape index (κ3) is 10.3. The molecule has 4 heterocycles. The number of piperidine rings is 1. The van der Waals surface area contributed by atoms with E-state index in [4.69, 9.17) is 26.0 Å². The second-order valence-corrected chi connectivity index (χ2v) is 15.1. The van der Waals surface area contributed by atoms with Gasteiger partial charge in [-0.05, 0) is 49.1 Å². The van der Waals surface area contributed by atoms with Gasteiger partial charge < -0.3 is 15.0 Å². The number of aromatic nitrogens is 3. The van der Waals surface area contributed by atoms with Gasteiger partial charge in [-0.3, -0.25) is 14.7 Å². The normalized spacial score (nSPS) is 13.8. The minimum atomic E-state index is -3.67. The zero-order valence-electron chi connectivity index (χ0n) is 27.1. The summed E-state index contributed by atoms with van der Waals surface area (Å²) < 4.78 is 33.7. The first-order valence-corrected chi connectivity index (χ1v) is 17.9. The van der Waals surface area contributed by atoms with Crippen molar-refractivity contribution in [1.82, 2.24) is 19.7 Å². The van der Waals surface area contributed by atoms with E-state index in [9.17, 15) is 18.0 Å². The minimum Gasteiger partial charge on any atom is -0.473 e. The van der Waals surface area contributed by atoms with Crippen LogP contribution in [0.1, 0.15) is 60.1 Å². The Morgan fingerprint density at radius 1 is 1.06 bits per heavy atom. The average Bonchev–Trinajstić information content (AvgIpc) is 3.60. The summed E-state index contributed by atoms with van der Waals surface area (Å²) in [5.41, 5.74) is 4.06. The zero-order chi connectivity index (χ0) is 34.5. The van der Waals surface area contributed by atoms with Crippen LogP contribution in [0, 0.1) is 13.8 Å². The van der Waals surface area contributed by atoms with E-state index < -0.39 is 16.1 Å². The summed E-state index contributed by atoms with van der Waals surface area (Å²) in [4.78, 5) is 32.8. The zero-order valence-corrected chi connectivity index (χ0v) is 29.5. The fourth-order valence-corrected chi connectivity index (χ4v) is 5.75. The van der Waals surface area contributed by atoms with Crippen LogP contribution < -0.4 is 15.4 Å². The summed E-state index contributed by atoms with van der Waals surface area (Å²) >= 11 is 7.97. The number of nitrogens with one attached hydrogen (secondary N) is 2. The number of amides is 3. The second-order valence-electron chi connectivity index (χ2n) is 12.3. The highest BCUT2D eigenvalue weighted by atomic mass is 35.5. The maximum absolute atomic E-state index is 13.0. The molecular formula is C32H39ClN6O6S2. The van der Waals surface area contributed by atoms with E-state index in [0.717, 1.165) is 27.4 Å². The van der Waals surface area contributed by atoms with Gasteiger partial charge in [0, 0.05) is 37.4 Å². The molecule has 0 radical (unpaired) electrons. The Labute approximate surface area is 283 Å². The van der Waals surface area contributed by atoms with Crippen molar-refractivity contribution in [3.05, 3.63) is 80.8 Å². The molecule has 252 valence electrons. The molecule has 0 bridgehead atoms. The van der Waals surface area contributed by atoms with Crippen LogP contribution in [0.5, 0.6) is 5.88 Å². The number of carbonyl (C=O) groups is 2. The molecule has 3 N–H and O–H groups in total. The summed E-state index contributed by atoms with van der Waals surface area (Å²) in [5, 5.41) is 12.7. The molecule has 4 aromatic rings. The van der Waals surface area contributed by atoms with E-state index in [2.05, 4.69) is 36.4 Å². The van der Waals surface area contributed by atoms with Crippen LogP contribution in [0.15, 0.2) is 54.0 Å². The minimum absolute atomic E-state index is 0.0716. The van der Waals surface area contributed by atoms with Crippen molar-refractivity contribution in [1.29, 1.82) is 0 Å². The monoisotopic (exact) mass is 702 g/mol. The Morgan fingerprint density at radius 3 is 2.26 bits per heavy atom. The number of nitrogens with zero attached hydrogens (tertiary/aromatic N) is 4. The Bertz CT molecular complexity index is 1820. The lowest BCUT2D eigenvalue weighted by Crippen LogP contribution is -2.41. The fraction of sp³-hybridized carbons (Fsp3) is 0.375. The van der Waals surface area contributed by atoms with Gasteiger partial charge in [0.15, 0.2) is 0 Å². The molecule has 1 aliphatic heterocycles. The van der Waals surface area contributed by atoms with Crippen LogP contribution in [0.2, 0.25) is 5.02 Å². The third-order valence-corrected chi connectivity index (χ3v) is 8.40. The molecule has 47 heavy (non-hydrogen) atoms. The first-order chi connectivity index (χ1) is 22.0. The summed E-state index contributed by atoms with van der Waals surface area (Å²) in [7, 11) is -3.67. The van der Waals surface area contributed by atoms with Crippen molar-refractivity contribution >= 4 is 56.5 Å². The molecule has 1 fully saturated rings. The number of carbonyl (C=O) groups excluding carboxylic acids is 2. The van der Waals surface area contributed by atoms with Crippen molar-refractivity contribution < 1.29 is 27.3 Å². The molecule has 1 saturated heterocycles. The fourth-order valence-electron chi connectivity index (χ4n) is 4.65. The van der Waals surface area contributed by atoms with E-state index >= 15 is 0 Å². The maximum atomic E-state index is 13.0. The predicted molar refractivity (Wildman–Crippen MR) is 185 cm³/mol. The van der Waals surface area contributed by atoms with Crippen molar-refractivity contribution in [2.24, 2.45) is 0 Å². The lowest BCUT2D eigenvalue weighted by Gasteiger charge is -2.32. The number of ether oxygens (including phenoxy) is 1. The molecule has 3 amide bonds. The van der Waals surface area contributed by atoms with Gasteiger partial charge in [0.2, 0.25) is 5.88 Å². The van der Waals surface area contributed by atoms with Crippen LogP contribution in [-0.4, -0.2) is 70.0 Å². The molecule has 0 aliphatic carbocycles. The number of hydrogen-bond donors (Lipinski definition) is 3. The van der Waals surface area contributed by atoms with E-state index in [1.807, 2.05) is 60.5 Å². The summed E-state index contributed by atoms with van der Waals surface area (Å²) in [5.74, 6) is 0.912. The average molecular weight is 703 g/mol. The summed E-state index contributed by atoms with van der Waals surface area (Å²) in [6, 6.07) is 12.9. The van der Waals surface area contributed by atoms with Crippen LogP contribution >= 0.6 is 22.9 Å². The SMILES string of the molecule is CS(=O)(=O)O.Cc1ccc(-n2nc(C(C)(C)C)cc2NC(=O)Nc2cnc(OC3CCN(C(=O)c4sccc4C)CC3)c(Cl)c2)cc1. The Kier molecular flexibility index (Phi) is 11.3. The standard InChI is InChI=1S/C31H35ClN6O3S.CH4O3S/c1-19-6-8-22(9-7-19)38-26(17-25(36-38)31(3,4)5)35-30(40)34-21-16-24(32)28(33-18-21)41-23-10-13-37(14-11-23)29(39)27-20(2)12-15-42-27;1-5(2,3)4/h6-9,12,15-18,23H,10-11,13-14H2,1-5H3,(H2,34,35,40);1H3,(H,2,3,4). The van der Waals surface area contributed by atoms with Crippen molar-refractivity contribution in [3.8, 4) is 11.6 Å². The number of anilines is 2. The second kappa shape index (κ2) is 14.8.